The third-order valence-electron chi connectivity index (χ3n) is 4.80. The maximum absolute atomic E-state index is 12.3. The Balaban J connectivity index is 1.43. The smallest absolute Gasteiger partial charge is 0.406 e. The summed E-state index contributed by atoms with van der Waals surface area (Å²) in [5, 5.41) is 6.69. The van der Waals surface area contributed by atoms with E-state index >= 15 is 0 Å². The second-order valence-corrected chi connectivity index (χ2v) is 7.35. The van der Waals surface area contributed by atoms with E-state index in [-0.39, 0.29) is 5.75 Å². The van der Waals surface area contributed by atoms with E-state index in [1.165, 1.54) is 30.5 Å². The molecule has 0 unspecified atom stereocenters. The van der Waals surface area contributed by atoms with Gasteiger partial charge in [0, 0.05) is 23.6 Å². The number of ether oxygens (including phenoxy) is 1. The molecule has 0 saturated heterocycles. The lowest BCUT2D eigenvalue weighted by Gasteiger charge is -2.10. The quantitative estimate of drug-likeness (QED) is 0.311. The number of fused-ring (bicyclic) bond motifs is 1. The molecule has 34 heavy (non-hydrogen) atoms. The van der Waals surface area contributed by atoms with Gasteiger partial charge < -0.3 is 10.1 Å². The van der Waals surface area contributed by atoms with Crippen LogP contribution in [0.25, 0.3) is 16.9 Å². The van der Waals surface area contributed by atoms with Crippen molar-refractivity contribution in [2.75, 3.05) is 5.32 Å². The van der Waals surface area contributed by atoms with Crippen molar-refractivity contribution < 1.29 is 22.7 Å². The number of anilines is 1. The molecule has 0 radical (unpaired) electrons. The van der Waals surface area contributed by atoms with Crippen LogP contribution < -0.4 is 15.5 Å². The fourth-order valence-electron chi connectivity index (χ4n) is 3.24. The summed E-state index contributed by atoms with van der Waals surface area (Å²) in [4.78, 5) is 16.5. The normalized spacial score (nSPS) is 11.4. The van der Waals surface area contributed by atoms with Gasteiger partial charge in [0.2, 0.25) is 0 Å². The molecule has 7 nitrogen and oxygen atoms in total. The van der Waals surface area contributed by atoms with E-state index in [0.29, 0.717) is 22.5 Å². The third kappa shape index (κ3) is 5.45. The van der Waals surface area contributed by atoms with Gasteiger partial charge in [-0.15, -0.1) is 13.2 Å². The summed E-state index contributed by atoms with van der Waals surface area (Å²) < 4.78 is 42.5. The summed E-state index contributed by atoms with van der Waals surface area (Å²) >= 11 is 0. The first kappa shape index (κ1) is 22.7. The molecule has 10 heteroatoms. The van der Waals surface area contributed by atoms with Gasteiger partial charge in [0.25, 0.3) is 0 Å². The van der Waals surface area contributed by atoms with Gasteiger partial charge in [-0.3, -0.25) is 4.40 Å². The van der Waals surface area contributed by atoms with Gasteiger partial charge in [-0.25, -0.2) is 15.2 Å². The monoisotopic (exact) mass is 465 g/mol. The first-order valence-electron chi connectivity index (χ1n) is 10.0. The van der Waals surface area contributed by atoms with Gasteiger partial charge >= 0.3 is 12.4 Å². The number of para-hydroxylation sites is 1. The van der Waals surface area contributed by atoms with E-state index in [1.54, 1.807) is 16.8 Å². The van der Waals surface area contributed by atoms with Crippen LogP contribution in [-0.4, -0.2) is 28.0 Å². The number of carbonyl (C=O) groups is 1. The number of imidazole rings is 1. The van der Waals surface area contributed by atoms with Crippen molar-refractivity contribution in [1.29, 1.82) is 0 Å². The van der Waals surface area contributed by atoms with Crippen molar-refractivity contribution in [3.05, 3.63) is 83.7 Å². The maximum Gasteiger partial charge on any atom is 0.573 e. The van der Waals surface area contributed by atoms with Crippen molar-refractivity contribution in [1.82, 2.24) is 14.8 Å². The molecule has 0 aliphatic rings. The first-order chi connectivity index (χ1) is 16.2. The van der Waals surface area contributed by atoms with Crippen LogP contribution in [0.1, 0.15) is 16.7 Å². The summed E-state index contributed by atoms with van der Waals surface area (Å²) in [6.07, 6.45) is 0.0290. The van der Waals surface area contributed by atoms with Crippen LogP contribution in [0.2, 0.25) is 0 Å². The molecule has 2 N–H and O–H groups in total. The van der Waals surface area contributed by atoms with E-state index in [0.717, 1.165) is 16.8 Å². The van der Waals surface area contributed by atoms with Crippen LogP contribution >= 0.6 is 0 Å². The first-order valence-corrected chi connectivity index (χ1v) is 10.0. The second-order valence-electron chi connectivity index (χ2n) is 7.35. The van der Waals surface area contributed by atoms with E-state index in [2.05, 4.69) is 37.7 Å². The SMILES string of the molecule is Cc1cccc(C)c1NC(=O)N/N=C/c1c#cc2nc(-c3ccc(OC(F)(F)F)cc3)cn2c1. The maximum atomic E-state index is 12.3. The number of hydrogen-bond donors (Lipinski definition) is 2. The Hall–Kier alpha value is -4.52. The molecule has 2 aromatic carbocycles. The summed E-state index contributed by atoms with van der Waals surface area (Å²) in [7, 11) is 0. The molecule has 172 valence electrons. The van der Waals surface area contributed by atoms with Crippen LogP contribution in [-0.2, 0) is 0 Å². The van der Waals surface area contributed by atoms with Crippen molar-refractivity contribution in [2.24, 2.45) is 5.10 Å². The highest BCUT2D eigenvalue weighted by molar-refractivity contribution is 5.91. The van der Waals surface area contributed by atoms with Gasteiger partial charge in [0.1, 0.15) is 5.75 Å². The van der Waals surface area contributed by atoms with Crippen LogP contribution in [0.4, 0.5) is 23.7 Å². The lowest BCUT2D eigenvalue weighted by molar-refractivity contribution is -0.274. The molecule has 0 spiro atoms. The number of aromatic nitrogens is 2. The molecular formula is C24H18F3N5O2. The Kier molecular flexibility index (Phi) is 6.10. The molecule has 4 rings (SSSR count). The van der Waals surface area contributed by atoms with Crippen LogP contribution in [0.5, 0.6) is 5.75 Å². The zero-order valence-electron chi connectivity index (χ0n) is 18.1. The fourth-order valence-corrected chi connectivity index (χ4v) is 3.24. The molecule has 0 bridgehead atoms. The molecule has 0 fully saturated rings. The largest absolute Gasteiger partial charge is 0.573 e. The average molecular weight is 465 g/mol. The van der Waals surface area contributed by atoms with Gasteiger partial charge in [0.15, 0.2) is 5.65 Å². The number of aryl methyl sites for hydroxylation is 2. The van der Waals surface area contributed by atoms with Gasteiger partial charge in [-0.2, -0.15) is 5.10 Å². The number of hydrazone groups is 1. The standard InChI is InChI=1S/C24H18F3N5O2/c1-15-4-3-5-16(2)22(15)30-23(33)31-28-12-17-6-11-21-29-20(14-32(21)13-17)18-7-9-19(10-8-18)34-24(25,26)27/h3-5,7-10,12-14H,1-2H3,(H2,30,31,33)/b28-12+. The summed E-state index contributed by atoms with van der Waals surface area (Å²) in [5.41, 5.74) is 7.12. The van der Waals surface area contributed by atoms with E-state index in [1.807, 2.05) is 32.0 Å². The summed E-state index contributed by atoms with van der Waals surface area (Å²) in [6.45, 7) is 3.80. The Morgan fingerprint density at radius 3 is 2.47 bits per heavy atom. The van der Waals surface area contributed by atoms with Crippen molar-refractivity contribution in [3.63, 3.8) is 0 Å². The van der Waals surface area contributed by atoms with E-state index < -0.39 is 12.4 Å². The zero-order chi connectivity index (χ0) is 24.3. The highest BCUT2D eigenvalue weighted by Crippen LogP contribution is 2.26. The predicted octanol–water partition coefficient (Wildman–Crippen LogP) is 5.27. The Morgan fingerprint density at radius 1 is 1.09 bits per heavy atom. The number of carbonyl (C=O) groups excluding carboxylic acids is 1. The number of halogens is 3. The second kappa shape index (κ2) is 9.15. The van der Waals surface area contributed by atoms with Crippen LogP contribution in [0.15, 0.2) is 60.0 Å². The zero-order valence-corrected chi connectivity index (χ0v) is 18.1. The number of nitrogens with one attached hydrogen (secondary N) is 2. The summed E-state index contributed by atoms with van der Waals surface area (Å²) in [5.74, 6) is -0.312. The van der Waals surface area contributed by atoms with E-state index in [4.69, 9.17) is 0 Å². The third-order valence-corrected chi connectivity index (χ3v) is 4.80. The van der Waals surface area contributed by atoms with Crippen molar-refractivity contribution in [3.8, 4) is 17.0 Å². The Bertz CT molecular complexity index is 1340. The number of amides is 2. The lowest BCUT2D eigenvalue weighted by Crippen LogP contribution is -2.25. The molecule has 4 aromatic rings. The van der Waals surface area contributed by atoms with Gasteiger partial charge in [-0.05, 0) is 55.3 Å². The van der Waals surface area contributed by atoms with Crippen LogP contribution in [0.3, 0.4) is 0 Å². The lowest BCUT2D eigenvalue weighted by atomic mass is 10.1. The summed E-state index contributed by atoms with van der Waals surface area (Å²) in [6, 6.07) is 16.4. The van der Waals surface area contributed by atoms with Crippen LogP contribution in [0, 0.1) is 26.0 Å². The Morgan fingerprint density at radius 2 is 1.79 bits per heavy atom. The fraction of sp³-hybridized carbons (Fsp3) is 0.125. The minimum Gasteiger partial charge on any atom is -0.406 e. The van der Waals surface area contributed by atoms with Crippen molar-refractivity contribution >= 4 is 23.6 Å². The molecular weight excluding hydrogens is 447 g/mol. The minimum atomic E-state index is -4.75. The van der Waals surface area contributed by atoms with Gasteiger partial charge in [0.05, 0.1) is 17.5 Å². The number of nitrogens with zero attached hydrogens (tertiary/aromatic N) is 3. The molecule has 0 aliphatic heterocycles. The molecule has 0 atom stereocenters. The predicted molar refractivity (Wildman–Crippen MR) is 121 cm³/mol. The Labute approximate surface area is 192 Å². The number of rotatable bonds is 5. The number of urea groups is 1. The van der Waals surface area contributed by atoms with Crippen molar-refractivity contribution in [2.45, 2.75) is 20.2 Å². The number of alkyl halides is 3. The van der Waals surface area contributed by atoms with E-state index in [9.17, 15) is 18.0 Å². The molecule has 0 saturated carbocycles. The molecule has 2 amide bonds. The molecule has 2 aromatic heterocycles. The van der Waals surface area contributed by atoms with Gasteiger partial charge in [-0.1, -0.05) is 24.3 Å². The molecule has 2 heterocycles. The molecule has 0 aliphatic carbocycles. The highest BCUT2D eigenvalue weighted by Gasteiger charge is 2.31. The number of hydrogen-bond acceptors (Lipinski definition) is 4. The topological polar surface area (TPSA) is 80.0 Å². The average Bonchev–Trinajstić information content (AvgIpc) is 3.19. The minimum absolute atomic E-state index is 0.312. The highest BCUT2D eigenvalue weighted by atomic mass is 19.4. The number of benzene rings is 2.